The van der Waals surface area contributed by atoms with Crippen LogP contribution in [0.5, 0.6) is 5.75 Å². The molecular formula is C20H24FNO4S. The van der Waals surface area contributed by atoms with Crippen molar-refractivity contribution in [2.45, 2.75) is 37.4 Å². The van der Waals surface area contributed by atoms with Gasteiger partial charge in [-0.25, -0.2) is 12.8 Å². The summed E-state index contributed by atoms with van der Waals surface area (Å²) >= 11 is 0. The molecule has 0 unspecified atom stereocenters. The highest BCUT2D eigenvalue weighted by atomic mass is 32.2. The zero-order valence-electron chi connectivity index (χ0n) is 15.3. The van der Waals surface area contributed by atoms with Gasteiger partial charge in [0.25, 0.3) is 0 Å². The molecule has 0 saturated carbocycles. The first-order valence-electron chi connectivity index (χ1n) is 9.08. The van der Waals surface area contributed by atoms with Gasteiger partial charge in [-0.3, -0.25) is 0 Å². The number of unbranched alkanes of at least 4 members (excludes halogenated alkanes) is 1. The van der Waals surface area contributed by atoms with E-state index in [1.165, 1.54) is 10.4 Å². The van der Waals surface area contributed by atoms with Crippen molar-refractivity contribution in [2.75, 3.05) is 19.7 Å². The average molecular weight is 393 g/mol. The Morgan fingerprint density at radius 2 is 2.00 bits per heavy atom. The number of benzene rings is 2. The Balaban J connectivity index is 1.78. The van der Waals surface area contributed by atoms with Gasteiger partial charge in [0.05, 0.1) is 19.8 Å². The van der Waals surface area contributed by atoms with Crippen LogP contribution in [0.15, 0.2) is 53.4 Å². The Morgan fingerprint density at radius 3 is 2.74 bits per heavy atom. The predicted molar refractivity (Wildman–Crippen MR) is 101 cm³/mol. The topological polar surface area (TPSA) is 55.8 Å². The van der Waals surface area contributed by atoms with Crippen molar-refractivity contribution in [3.05, 3.63) is 59.9 Å². The second-order valence-electron chi connectivity index (χ2n) is 6.55. The molecular weight excluding hydrogens is 369 g/mol. The lowest BCUT2D eigenvalue weighted by atomic mass is 10.2. The van der Waals surface area contributed by atoms with Crippen LogP contribution in [0.2, 0.25) is 0 Å². The molecule has 0 N–H and O–H groups in total. The highest BCUT2D eigenvalue weighted by Gasteiger charge is 2.34. The van der Waals surface area contributed by atoms with Gasteiger partial charge in [-0.2, -0.15) is 4.31 Å². The minimum absolute atomic E-state index is 0.00515. The fourth-order valence-corrected chi connectivity index (χ4v) is 4.59. The zero-order valence-corrected chi connectivity index (χ0v) is 16.1. The Morgan fingerprint density at radius 1 is 1.22 bits per heavy atom. The summed E-state index contributed by atoms with van der Waals surface area (Å²) in [7, 11) is -3.73. The molecule has 27 heavy (non-hydrogen) atoms. The molecule has 1 aliphatic rings. The van der Waals surface area contributed by atoms with Gasteiger partial charge in [0.1, 0.15) is 22.6 Å². The molecule has 0 radical (unpaired) electrons. The van der Waals surface area contributed by atoms with E-state index in [4.69, 9.17) is 9.47 Å². The van der Waals surface area contributed by atoms with E-state index in [0.29, 0.717) is 13.2 Å². The zero-order chi connectivity index (χ0) is 19.3. The number of sulfonamides is 1. The number of hydrogen-bond acceptors (Lipinski definition) is 4. The van der Waals surface area contributed by atoms with Crippen LogP contribution in [-0.4, -0.2) is 38.5 Å². The predicted octanol–water partition coefficient (Wildman–Crippen LogP) is 3.59. The van der Waals surface area contributed by atoms with Crippen molar-refractivity contribution in [3.8, 4) is 5.75 Å². The molecule has 1 atom stereocenters. The van der Waals surface area contributed by atoms with Crippen LogP contribution in [-0.2, 0) is 21.4 Å². The third-order valence-corrected chi connectivity index (χ3v) is 6.31. The first kappa shape index (κ1) is 19.8. The molecule has 0 spiro atoms. The maximum absolute atomic E-state index is 13.7. The standard InChI is InChI=1S/C20H24FNO4S/c1-2-3-11-22-13-18(15-25-14-16-7-5-4-6-8-16)26-19-12-17(21)9-10-20(19)27(22,23)24/h4-10,12,18H,2-3,11,13-15H2,1H3/t18-/m0/s1. The Labute approximate surface area is 159 Å². The van der Waals surface area contributed by atoms with E-state index in [2.05, 4.69) is 0 Å². The first-order valence-corrected chi connectivity index (χ1v) is 10.5. The minimum Gasteiger partial charge on any atom is -0.485 e. The molecule has 1 aliphatic heterocycles. The lowest BCUT2D eigenvalue weighted by molar-refractivity contribution is 0.0339. The summed E-state index contributed by atoms with van der Waals surface area (Å²) in [5.41, 5.74) is 1.02. The van der Waals surface area contributed by atoms with Crippen molar-refractivity contribution >= 4 is 10.0 Å². The normalized spacial score (nSPS) is 19.1. The molecule has 0 fully saturated rings. The van der Waals surface area contributed by atoms with Gasteiger partial charge in [0.2, 0.25) is 10.0 Å². The van der Waals surface area contributed by atoms with Crippen LogP contribution < -0.4 is 4.74 Å². The lowest BCUT2D eigenvalue weighted by Gasteiger charge is -2.23. The molecule has 7 heteroatoms. The van der Waals surface area contributed by atoms with Crippen LogP contribution >= 0.6 is 0 Å². The largest absolute Gasteiger partial charge is 0.485 e. The Bertz CT molecular complexity index is 858. The van der Waals surface area contributed by atoms with Crippen LogP contribution in [0.4, 0.5) is 4.39 Å². The van der Waals surface area contributed by atoms with Gasteiger partial charge in [0.15, 0.2) is 0 Å². The highest BCUT2D eigenvalue weighted by Crippen LogP contribution is 2.32. The van der Waals surface area contributed by atoms with Gasteiger partial charge in [0, 0.05) is 12.6 Å². The molecule has 5 nitrogen and oxygen atoms in total. The van der Waals surface area contributed by atoms with E-state index >= 15 is 0 Å². The summed E-state index contributed by atoms with van der Waals surface area (Å²) in [6.07, 6.45) is 1.11. The maximum atomic E-state index is 13.7. The summed E-state index contributed by atoms with van der Waals surface area (Å²) in [5, 5.41) is 0. The fraction of sp³-hybridized carbons (Fsp3) is 0.400. The van der Waals surface area contributed by atoms with Crippen LogP contribution in [0, 0.1) is 5.82 Å². The smallest absolute Gasteiger partial charge is 0.246 e. The van der Waals surface area contributed by atoms with Crippen molar-refractivity contribution < 1.29 is 22.3 Å². The summed E-state index contributed by atoms with van der Waals surface area (Å²) in [4.78, 5) is 0.00515. The summed E-state index contributed by atoms with van der Waals surface area (Å²) < 4.78 is 52.6. The second kappa shape index (κ2) is 8.82. The highest BCUT2D eigenvalue weighted by molar-refractivity contribution is 7.89. The molecule has 2 aromatic carbocycles. The number of hydrogen-bond donors (Lipinski definition) is 0. The lowest BCUT2D eigenvalue weighted by Crippen LogP contribution is -2.39. The van der Waals surface area contributed by atoms with E-state index in [-0.39, 0.29) is 23.8 Å². The summed E-state index contributed by atoms with van der Waals surface area (Å²) in [5.74, 6) is -0.489. The molecule has 2 aromatic rings. The SMILES string of the molecule is CCCCN1C[C@@H](COCc2ccccc2)Oc2cc(F)ccc2S1(=O)=O. The number of ether oxygens (including phenoxy) is 2. The molecule has 3 rings (SSSR count). The van der Waals surface area contributed by atoms with Crippen molar-refractivity contribution in [1.29, 1.82) is 0 Å². The number of halogens is 1. The summed E-state index contributed by atoms with van der Waals surface area (Å²) in [6, 6.07) is 13.2. The van der Waals surface area contributed by atoms with Gasteiger partial charge in [-0.15, -0.1) is 0 Å². The molecule has 0 aliphatic carbocycles. The van der Waals surface area contributed by atoms with E-state index in [1.807, 2.05) is 37.3 Å². The quantitative estimate of drug-likeness (QED) is 0.721. The van der Waals surface area contributed by atoms with Crippen molar-refractivity contribution in [3.63, 3.8) is 0 Å². The molecule has 146 valence electrons. The Hall–Kier alpha value is -1.96. The monoisotopic (exact) mass is 393 g/mol. The molecule has 0 amide bonds. The third-order valence-electron chi connectivity index (χ3n) is 4.40. The van der Waals surface area contributed by atoms with E-state index < -0.39 is 21.9 Å². The third kappa shape index (κ3) is 4.86. The Kier molecular flexibility index (Phi) is 6.46. The molecule has 0 aromatic heterocycles. The molecule has 0 bridgehead atoms. The van der Waals surface area contributed by atoms with Gasteiger partial charge in [-0.1, -0.05) is 43.7 Å². The molecule has 0 saturated heterocycles. The fourth-order valence-electron chi connectivity index (χ4n) is 2.98. The first-order chi connectivity index (χ1) is 13.0. The van der Waals surface area contributed by atoms with E-state index in [1.54, 1.807) is 0 Å². The second-order valence-corrected chi connectivity index (χ2v) is 8.45. The van der Waals surface area contributed by atoms with Crippen molar-refractivity contribution in [2.24, 2.45) is 0 Å². The summed E-state index contributed by atoms with van der Waals surface area (Å²) in [6.45, 7) is 3.19. The van der Waals surface area contributed by atoms with E-state index in [9.17, 15) is 12.8 Å². The minimum atomic E-state index is -3.73. The number of nitrogens with zero attached hydrogens (tertiary/aromatic N) is 1. The number of rotatable bonds is 7. The number of fused-ring (bicyclic) bond motifs is 1. The van der Waals surface area contributed by atoms with E-state index in [0.717, 1.165) is 30.5 Å². The van der Waals surface area contributed by atoms with Crippen LogP contribution in [0.1, 0.15) is 25.3 Å². The van der Waals surface area contributed by atoms with Crippen molar-refractivity contribution in [1.82, 2.24) is 4.31 Å². The van der Waals surface area contributed by atoms with Crippen LogP contribution in [0.3, 0.4) is 0 Å². The molecule has 1 heterocycles. The van der Waals surface area contributed by atoms with Gasteiger partial charge < -0.3 is 9.47 Å². The van der Waals surface area contributed by atoms with Gasteiger partial charge in [-0.05, 0) is 24.1 Å². The average Bonchev–Trinajstić information content (AvgIpc) is 2.74. The van der Waals surface area contributed by atoms with Crippen LogP contribution in [0.25, 0.3) is 0 Å². The van der Waals surface area contributed by atoms with Gasteiger partial charge >= 0.3 is 0 Å². The maximum Gasteiger partial charge on any atom is 0.246 e.